The van der Waals surface area contributed by atoms with Crippen molar-refractivity contribution in [2.24, 2.45) is 0 Å². The molecule has 3 rings (SSSR count). The van der Waals surface area contributed by atoms with Gasteiger partial charge in [0, 0.05) is 0 Å². The summed E-state index contributed by atoms with van der Waals surface area (Å²) in [6.45, 7) is 0. The molecule has 23 heavy (non-hydrogen) atoms. The second-order valence-electron chi connectivity index (χ2n) is 5.14. The van der Waals surface area contributed by atoms with E-state index < -0.39 is 5.60 Å². The van der Waals surface area contributed by atoms with Crippen LogP contribution in [0.4, 0.5) is 0 Å². The molecule has 3 aromatic rings. The number of rotatable bonds is 5. The van der Waals surface area contributed by atoms with Crippen LogP contribution in [-0.2, 0) is 5.60 Å². The Morgan fingerprint density at radius 1 is 0.783 bits per heavy atom. The van der Waals surface area contributed by atoms with Crippen LogP contribution in [0.2, 0.25) is 0 Å². The molecule has 2 aromatic carbocycles. The molecular formula is C19H18O4. The molecule has 4 nitrogen and oxygen atoms in total. The van der Waals surface area contributed by atoms with Gasteiger partial charge in [0.2, 0.25) is 0 Å². The normalized spacial score (nSPS) is 11.3. The summed E-state index contributed by atoms with van der Waals surface area (Å²) in [7, 11) is 3.22. The van der Waals surface area contributed by atoms with Crippen LogP contribution in [0.5, 0.6) is 11.5 Å². The first-order valence-corrected chi connectivity index (χ1v) is 7.24. The van der Waals surface area contributed by atoms with E-state index in [-0.39, 0.29) is 0 Å². The first-order valence-electron chi connectivity index (χ1n) is 7.24. The van der Waals surface area contributed by atoms with Crippen molar-refractivity contribution in [2.75, 3.05) is 14.2 Å². The fraction of sp³-hybridized carbons (Fsp3) is 0.158. The van der Waals surface area contributed by atoms with E-state index in [1.54, 1.807) is 32.6 Å². The quantitative estimate of drug-likeness (QED) is 0.782. The Bertz CT molecular complexity index is 696. The zero-order chi connectivity index (χ0) is 16.3. The van der Waals surface area contributed by atoms with Crippen LogP contribution in [0.1, 0.15) is 16.9 Å². The minimum absolute atomic E-state index is 0.452. The van der Waals surface area contributed by atoms with Crippen molar-refractivity contribution in [2.45, 2.75) is 5.60 Å². The predicted octanol–water partition coefficient (Wildman–Crippen LogP) is 3.58. The van der Waals surface area contributed by atoms with Gasteiger partial charge in [-0.05, 0) is 47.5 Å². The lowest BCUT2D eigenvalue weighted by atomic mass is 9.84. The summed E-state index contributed by atoms with van der Waals surface area (Å²) in [5.41, 5.74) is -0.000905. The fourth-order valence-electron chi connectivity index (χ4n) is 2.60. The summed E-state index contributed by atoms with van der Waals surface area (Å²) >= 11 is 0. The van der Waals surface area contributed by atoms with E-state index in [0.717, 1.165) is 11.5 Å². The number of hydrogen-bond donors (Lipinski definition) is 1. The third-order valence-electron chi connectivity index (χ3n) is 3.89. The SMILES string of the molecule is COc1ccc(C(O)(c2ccc(OC)cc2)c2ccco2)cc1. The number of aliphatic hydroxyl groups is 1. The molecular weight excluding hydrogens is 292 g/mol. The van der Waals surface area contributed by atoms with Crippen molar-refractivity contribution < 1.29 is 19.0 Å². The van der Waals surface area contributed by atoms with E-state index in [1.165, 1.54) is 0 Å². The van der Waals surface area contributed by atoms with Crippen LogP contribution in [-0.4, -0.2) is 19.3 Å². The predicted molar refractivity (Wildman–Crippen MR) is 86.8 cm³/mol. The molecule has 0 bridgehead atoms. The molecule has 0 aliphatic carbocycles. The Hall–Kier alpha value is -2.72. The van der Waals surface area contributed by atoms with Crippen molar-refractivity contribution in [3.05, 3.63) is 83.8 Å². The van der Waals surface area contributed by atoms with Crippen molar-refractivity contribution >= 4 is 0 Å². The lowest BCUT2D eigenvalue weighted by molar-refractivity contribution is 0.0989. The van der Waals surface area contributed by atoms with Gasteiger partial charge < -0.3 is 19.0 Å². The maximum Gasteiger partial charge on any atom is 0.173 e. The fourth-order valence-corrected chi connectivity index (χ4v) is 2.60. The summed E-state index contributed by atoms with van der Waals surface area (Å²) in [6.07, 6.45) is 1.55. The largest absolute Gasteiger partial charge is 0.497 e. The van der Waals surface area contributed by atoms with Crippen LogP contribution in [0, 0.1) is 0 Å². The smallest absolute Gasteiger partial charge is 0.173 e. The average Bonchev–Trinajstić information content (AvgIpc) is 3.16. The van der Waals surface area contributed by atoms with Crippen LogP contribution < -0.4 is 9.47 Å². The molecule has 0 atom stereocenters. The second-order valence-corrected chi connectivity index (χ2v) is 5.14. The maximum absolute atomic E-state index is 11.5. The molecule has 0 unspecified atom stereocenters. The third-order valence-corrected chi connectivity index (χ3v) is 3.89. The Morgan fingerprint density at radius 3 is 1.61 bits per heavy atom. The summed E-state index contributed by atoms with van der Waals surface area (Å²) in [5.74, 6) is 1.91. The third kappa shape index (κ3) is 2.69. The Kier molecular flexibility index (Phi) is 4.08. The maximum atomic E-state index is 11.5. The van der Waals surface area contributed by atoms with E-state index >= 15 is 0 Å². The lowest BCUT2D eigenvalue weighted by Gasteiger charge is -2.27. The van der Waals surface area contributed by atoms with Gasteiger partial charge in [0.05, 0.1) is 20.5 Å². The van der Waals surface area contributed by atoms with Gasteiger partial charge in [0.1, 0.15) is 17.3 Å². The van der Waals surface area contributed by atoms with Crippen LogP contribution in [0.3, 0.4) is 0 Å². The highest BCUT2D eigenvalue weighted by Gasteiger charge is 2.36. The van der Waals surface area contributed by atoms with Gasteiger partial charge in [-0.1, -0.05) is 24.3 Å². The molecule has 0 aliphatic rings. The molecule has 0 fully saturated rings. The highest BCUT2D eigenvalue weighted by atomic mass is 16.5. The van der Waals surface area contributed by atoms with E-state index in [4.69, 9.17) is 13.9 Å². The highest BCUT2D eigenvalue weighted by Crippen LogP contribution is 2.38. The van der Waals surface area contributed by atoms with Crippen molar-refractivity contribution in [1.29, 1.82) is 0 Å². The van der Waals surface area contributed by atoms with Gasteiger partial charge >= 0.3 is 0 Å². The minimum atomic E-state index is -1.39. The van der Waals surface area contributed by atoms with Crippen LogP contribution >= 0.6 is 0 Å². The minimum Gasteiger partial charge on any atom is -0.497 e. The van der Waals surface area contributed by atoms with Gasteiger partial charge in [-0.25, -0.2) is 0 Å². The molecule has 1 aromatic heterocycles. The monoisotopic (exact) mass is 310 g/mol. The van der Waals surface area contributed by atoms with Gasteiger partial charge in [-0.15, -0.1) is 0 Å². The average molecular weight is 310 g/mol. The highest BCUT2D eigenvalue weighted by molar-refractivity contribution is 5.46. The van der Waals surface area contributed by atoms with Crippen molar-refractivity contribution in [1.82, 2.24) is 0 Å². The molecule has 1 heterocycles. The summed E-state index contributed by atoms with van der Waals surface area (Å²) in [4.78, 5) is 0. The van der Waals surface area contributed by atoms with Gasteiger partial charge in [-0.3, -0.25) is 0 Å². The topological polar surface area (TPSA) is 51.8 Å². The second kappa shape index (κ2) is 6.18. The lowest BCUT2D eigenvalue weighted by Crippen LogP contribution is -2.28. The number of furan rings is 1. The number of ether oxygens (including phenoxy) is 2. The molecule has 4 heteroatoms. The van der Waals surface area contributed by atoms with E-state index in [1.807, 2.05) is 48.5 Å². The first kappa shape index (κ1) is 15.2. The Morgan fingerprint density at radius 2 is 1.26 bits per heavy atom. The standard InChI is InChI=1S/C19H18O4/c1-21-16-9-5-14(6-10-16)19(20,18-4-3-13-23-18)15-7-11-17(22-2)12-8-15/h3-13,20H,1-2H3. The van der Waals surface area contributed by atoms with E-state index in [0.29, 0.717) is 16.9 Å². The van der Waals surface area contributed by atoms with Gasteiger partial charge in [0.25, 0.3) is 0 Å². The van der Waals surface area contributed by atoms with Crippen LogP contribution in [0.15, 0.2) is 71.3 Å². The molecule has 0 saturated heterocycles. The molecule has 1 N–H and O–H groups in total. The molecule has 0 radical (unpaired) electrons. The van der Waals surface area contributed by atoms with Crippen molar-refractivity contribution in [3.63, 3.8) is 0 Å². The Balaban J connectivity index is 2.13. The summed E-state index contributed by atoms with van der Waals surface area (Å²) in [6, 6.07) is 18.1. The Labute approximate surface area is 134 Å². The number of hydrogen-bond acceptors (Lipinski definition) is 4. The number of benzene rings is 2. The summed E-state index contributed by atoms with van der Waals surface area (Å²) < 4.78 is 15.9. The van der Waals surface area contributed by atoms with Crippen LogP contribution in [0.25, 0.3) is 0 Å². The molecule has 0 amide bonds. The zero-order valence-electron chi connectivity index (χ0n) is 13.0. The summed E-state index contributed by atoms with van der Waals surface area (Å²) in [5, 5.41) is 11.5. The first-order chi connectivity index (χ1) is 11.2. The molecule has 118 valence electrons. The van der Waals surface area contributed by atoms with E-state index in [2.05, 4.69) is 0 Å². The molecule has 0 spiro atoms. The van der Waals surface area contributed by atoms with Gasteiger partial charge in [0.15, 0.2) is 5.60 Å². The number of methoxy groups -OCH3 is 2. The van der Waals surface area contributed by atoms with Gasteiger partial charge in [-0.2, -0.15) is 0 Å². The molecule has 0 aliphatic heterocycles. The van der Waals surface area contributed by atoms with E-state index in [9.17, 15) is 5.11 Å². The molecule has 0 saturated carbocycles. The van der Waals surface area contributed by atoms with Crippen molar-refractivity contribution in [3.8, 4) is 11.5 Å². The zero-order valence-corrected chi connectivity index (χ0v) is 13.0.